The molecule has 2 N–H and O–H groups in total. The van der Waals surface area contributed by atoms with Crippen molar-refractivity contribution in [2.75, 3.05) is 20.3 Å². The number of methoxy groups -OCH3 is 1. The van der Waals surface area contributed by atoms with E-state index in [0.29, 0.717) is 19.6 Å². The molecule has 0 fully saturated rings. The molecule has 1 aromatic rings. The third-order valence-corrected chi connectivity index (χ3v) is 4.02. The Bertz CT molecular complexity index is 556. The van der Waals surface area contributed by atoms with E-state index in [0.717, 1.165) is 11.3 Å². The van der Waals surface area contributed by atoms with Crippen LogP contribution in [0.3, 0.4) is 0 Å². The molecule has 0 saturated carbocycles. The molecular formula is C18H27NO5. The van der Waals surface area contributed by atoms with Gasteiger partial charge in [-0.2, -0.15) is 0 Å². The normalized spacial score (nSPS) is 12.5. The van der Waals surface area contributed by atoms with Crippen LogP contribution in [-0.4, -0.2) is 43.3 Å². The highest BCUT2D eigenvalue weighted by Crippen LogP contribution is 2.25. The lowest BCUT2D eigenvalue weighted by molar-refractivity contribution is -0.148. The van der Waals surface area contributed by atoms with Crippen LogP contribution >= 0.6 is 0 Å². The number of carboxylic acid groups (broad SMARTS) is 1. The van der Waals surface area contributed by atoms with Gasteiger partial charge in [-0.05, 0) is 44.9 Å². The lowest BCUT2D eigenvalue weighted by atomic mass is 9.81. The SMILES string of the molecule is CCOC(=O)CCNC(Cc1cccc(OC)c1)C(C)(C)C(=O)O. The van der Waals surface area contributed by atoms with Crippen LogP contribution in [0.25, 0.3) is 0 Å². The second kappa shape index (κ2) is 9.27. The minimum Gasteiger partial charge on any atom is -0.497 e. The molecule has 0 bridgehead atoms. The molecule has 1 aromatic carbocycles. The Labute approximate surface area is 143 Å². The number of ether oxygens (including phenoxy) is 2. The molecule has 0 aliphatic rings. The van der Waals surface area contributed by atoms with Gasteiger partial charge in [-0.25, -0.2) is 0 Å². The van der Waals surface area contributed by atoms with Crippen LogP contribution in [0.5, 0.6) is 5.75 Å². The Hall–Kier alpha value is -2.08. The van der Waals surface area contributed by atoms with Gasteiger partial charge in [0.05, 0.1) is 25.6 Å². The number of carbonyl (C=O) groups excluding carboxylic acids is 1. The molecule has 134 valence electrons. The summed E-state index contributed by atoms with van der Waals surface area (Å²) >= 11 is 0. The minimum absolute atomic E-state index is 0.206. The number of carboxylic acids is 1. The van der Waals surface area contributed by atoms with E-state index in [-0.39, 0.29) is 18.4 Å². The highest BCUT2D eigenvalue weighted by atomic mass is 16.5. The molecule has 24 heavy (non-hydrogen) atoms. The number of hydrogen-bond acceptors (Lipinski definition) is 5. The van der Waals surface area contributed by atoms with Gasteiger partial charge in [0.1, 0.15) is 5.75 Å². The molecule has 0 aliphatic heterocycles. The van der Waals surface area contributed by atoms with Gasteiger partial charge in [-0.3, -0.25) is 9.59 Å². The van der Waals surface area contributed by atoms with Crippen molar-refractivity contribution < 1.29 is 24.2 Å². The molecule has 0 radical (unpaired) electrons. The monoisotopic (exact) mass is 337 g/mol. The topological polar surface area (TPSA) is 84.9 Å². The van der Waals surface area contributed by atoms with E-state index in [9.17, 15) is 14.7 Å². The van der Waals surface area contributed by atoms with Gasteiger partial charge in [0.15, 0.2) is 0 Å². The van der Waals surface area contributed by atoms with Gasteiger partial charge >= 0.3 is 11.9 Å². The van der Waals surface area contributed by atoms with E-state index >= 15 is 0 Å². The number of rotatable bonds is 10. The molecule has 6 nitrogen and oxygen atoms in total. The zero-order valence-corrected chi connectivity index (χ0v) is 14.8. The van der Waals surface area contributed by atoms with E-state index < -0.39 is 11.4 Å². The molecule has 0 saturated heterocycles. The summed E-state index contributed by atoms with van der Waals surface area (Å²) in [4.78, 5) is 23.1. The van der Waals surface area contributed by atoms with Crippen LogP contribution in [0.15, 0.2) is 24.3 Å². The van der Waals surface area contributed by atoms with Crippen molar-refractivity contribution in [1.82, 2.24) is 5.32 Å². The fourth-order valence-electron chi connectivity index (χ4n) is 2.35. The standard InChI is InChI=1S/C18H27NO5/c1-5-24-16(20)9-10-19-15(18(2,3)17(21)22)12-13-7-6-8-14(11-13)23-4/h6-8,11,15,19H,5,9-10,12H2,1-4H3,(H,21,22). The fourth-order valence-corrected chi connectivity index (χ4v) is 2.35. The molecule has 1 rings (SSSR count). The number of carbonyl (C=O) groups is 2. The Morgan fingerprint density at radius 1 is 1.33 bits per heavy atom. The third kappa shape index (κ3) is 5.85. The highest BCUT2D eigenvalue weighted by molar-refractivity contribution is 5.74. The zero-order valence-electron chi connectivity index (χ0n) is 14.8. The predicted octanol–water partition coefficient (Wildman–Crippen LogP) is 2.26. The van der Waals surface area contributed by atoms with Crippen molar-refractivity contribution in [3.63, 3.8) is 0 Å². The molecule has 1 unspecified atom stereocenters. The minimum atomic E-state index is -0.988. The van der Waals surface area contributed by atoms with Crippen molar-refractivity contribution in [2.24, 2.45) is 5.41 Å². The zero-order chi connectivity index (χ0) is 18.2. The molecule has 0 spiro atoms. The van der Waals surface area contributed by atoms with Crippen LogP contribution < -0.4 is 10.1 Å². The van der Waals surface area contributed by atoms with Crippen molar-refractivity contribution in [3.8, 4) is 5.75 Å². The van der Waals surface area contributed by atoms with E-state index in [1.54, 1.807) is 27.9 Å². The van der Waals surface area contributed by atoms with Crippen LogP contribution in [-0.2, 0) is 20.7 Å². The Balaban J connectivity index is 2.81. The van der Waals surface area contributed by atoms with Crippen LogP contribution in [0, 0.1) is 5.41 Å². The first-order chi connectivity index (χ1) is 11.3. The Morgan fingerprint density at radius 3 is 2.62 bits per heavy atom. The summed E-state index contributed by atoms with van der Waals surface area (Å²) in [5.74, 6) is -0.455. The maximum Gasteiger partial charge on any atom is 0.310 e. The van der Waals surface area contributed by atoms with E-state index in [2.05, 4.69) is 5.32 Å². The van der Waals surface area contributed by atoms with E-state index in [1.807, 2.05) is 24.3 Å². The molecule has 0 aliphatic carbocycles. The molecule has 0 amide bonds. The summed E-state index contributed by atoms with van der Waals surface area (Å²) in [6, 6.07) is 7.20. The van der Waals surface area contributed by atoms with Crippen molar-refractivity contribution in [1.29, 1.82) is 0 Å². The summed E-state index contributed by atoms with van der Waals surface area (Å²) in [7, 11) is 1.59. The summed E-state index contributed by atoms with van der Waals surface area (Å²) in [5.41, 5.74) is -0.0186. The van der Waals surface area contributed by atoms with E-state index in [1.165, 1.54) is 0 Å². The average molecular weight is 337 g/mol. The summed E-state index contributed by atoms with van der Waals surface area (Å²) in [6.07, 6.45) is 0.720. The summed E-state index contributed by atoms with van der Waals surface area (Å²) < 4.78 is 10.1. The maximum atomic E-state index is 11.6. The van der Waals surface area contributed by atoms with Crippen LogP contribution in [0.4, 0.5) is 0 Å². The maximum absolute atomic E-state index is 11.6. The summed E-state index contributed by atoms with van der Waals surface area (Å²) in [6.45, 7) is 5.82. The van der Waals surface area contributed by atoms with E-state index in [4.69, 9.17) is 9.47 Å². The highest BCUT2D eigenvalue weighted by Gasteiger charge is 2.36. The van der Waals surface area contributed by atoms with Crippen LogP contribution in [0.2, 0.25) is 0 Å². The van der Waals surface area contributed by atoms with Gasteiger partial charge < -0.3 is 19.9 Å². The number of benzene rings is 1. The number of nitrogens with one attached hydrogen (secondary N) is 1. The molecule has 0 heterocycles. The fraction of sp³-hybridized carbons (Fsp3) is 0.556. The number of aliphatic carboxylic acids is 1. The van der Waals surface area contributed by atoms with Gasteiger partial charge in [0.25, 0.3) is 0 Å². The second-order valence-corrected chi connectivity index (χ2v) is 6.14. The van der Waals surface area contributed by atoms with Gasteiger partial charge in [-0.1, -0.05) is 12.1 Å². The molecule has 1 atom stereocenters. The first kappa shape index (κ1) is 20.0. The first-order valence-electron chi connectivity index (χ1n) is 8.06. The second-order valence-electron chi connectivity index (χ2n) is 6.14. The van der Waals surface area contributed by atoms with Gasteiger partial charge in [0.2, 0.25) is 0 Å². The van der Waals surface area contributed by atoms with Crippen molar-refractivity contribution >= 4 is 11.9 Å². The molecule has 0 aromatic heterocycles. The van der Waals surface area contributed by atoms with Crippen molar-refractivity contribution in [2.45, 2.75) is 39.7 Å². The Morgan fingerprint density at radius 2 is 2.04 bits per heavy atom. The summed E-state index contributed by atoms with van der Waals surface area (Å²) in [5, 5.41) is 12.7. The quantitative estimate of drug-likeness (QED) is 0.637. The van der Waals surface area contributed by atoms with Crippen LogP contribution in [0.1, 0.15) is 32.8 Å². The lowest BCUT2D eigenvalue weighted by Crippen LogP contribution is -2.48. The molecule has 6 heteroatoms. The van der Waals surface area contributed by atoms with Gasteiger partial charge in [-0.15, -0.1) is 0 Å². The third-order valence-electron chi connectivity index (χ3n) is 4.02. The Kier molecular flexibility index (Phi) is 7.71. The smallest absolute Gasteiger partial charge is 0.310 e. The number of esters is 1. The lowest BCUT2D eigenvalue weighted by Gasteiger charge is -2.31. The van der Waals surface area contributed by atoms with Crippen molar-refractivity contribution in [3.05, 3.63) is 29.8 Å². The first-order valence-corrected chi connectivity index (χ1v) is 8.06. The molecular weight excluding hydrogens is 310 g/mol. The largest absolute Gasteiger partial charge is 0.497 e. The van der Waals surface area contributed by atoms with Gasteiger partial charge in [0, 0.05) is 12.6 Å². The number of hydrogen-bond donors (Lipinski definition) is 2. The average Bonchev–Trinajstić information content (AvgIpc) is 2.54. The predicted molar refractivity (Wildman–Crippen MR) is 91.2 cm³/mol.